The number of benzene rings is 2. The summed E-state index contributed by atoms with van der Waals surface area (Å²) >= 11 is 0. The van der Waals surface area contributed by atoms with Crippen molar-refractivity contribution in [3.63, 3.8) is 0 Å². The molecule has 29 heavy (non-hydrogen) atoms. The van der Waals surface area contributed by atoms with E-state index in [0.29, 0.717) is 36.3 Å². The molecule has 0 aliphatic carbocycles. The number of anilines is 1. The number of hydrogen-bond acceptors (Lipinski definition) is 4. The molecule has 0 bridgehead atoms. The molecule has 5 nitrogen and oxygen atoms in total. The lowest BCUT2D eigenvalue weighted by atomic mass is 9.81. The number of methoxy groups -OCH3 is 1. The third-order valence-electron chi connectivity index (χ3n) is 5.97. The second-order valence-corrected chi connectivity index (χ2v) is 7.89. The number of carbonyl (C=O) groups is 1. The van der Waals surface area contributed by atoms with Gasteiger partial charge in [0.15, 0.2) is 0 Å². The fourth-order valence-corrected chi connectivity index (χ4v) is 4.46. The minimum atomic E-state index is -0.382. The van der Waals surface area contributed by atoms with Crippen molar-refractivity contribution in [2.75, 3.05) is 32.1 Å². The minimum Gasteiger partial charge on any atom is -0.496 e. The highest BCUT2D eigenvalue weighted by molar-refractivity contribution is 5.92. The Hall–Kier alpha value is -2.60. The molecule has 1 amide bonds. The highest BCUT2D eigenvalue weighted by atomic mass is 19.1. The van der Waals surface area contributed by atoms with Crippen LogP contribution in [0.3, 0.4) is 0 Å². The number of amides is 1. The summed E-state index contributed by atoms with van der Waals surface area (Å²) in [6, 6.07) is 12.4. The number of nitrogens with zero attached hydrogens (tertiary/aromatic N) is 1. The highest BCUT2D eigenvalue weighted by Crippen LogP contribution is 2.34. The van der Waals surface area contributed by atoms with Gasteiger partial charge in [0, 0.05) is 31.1 Å². The normalized spacial score (nSPS) is 22.6. The molecule has 2 heterocycles. The molecule has 6 heteroatoms. The summed E-state index contributed by atoms with van der Waals surface area (Å²) in [7, 11) is 1.70. The first kappa shape index (κ1) is 19.7. The minimum absolute atomic E-state index is 0.0736. The van der Waals surface area contributed by atoms with Gasteiger partial charge in [-0.3, -0.25) is 9.69 Å². The number of nitrogens with one attached hydrogen (secondary N) is 1. The maximum Gasteiger partial charge on any atom is 0.224 e. The van der Waals surface area contributed by atoms with Crippen molar-refractivity contribution in [1.29, 1.82) is 0 Å². The second-order valence-electron chi connectivity index (χ2n) is 7.89. The standard InChI is InChI=1S/C23H27FN2O3/c1-28-21-5-3-2-4-18(21)15-26-10-8-16-12-23(27)25-20-13-19(24)6-7-22(20)29-11-9-17(16)14-26/h2-7,13,16-17H,8-12,14-15H2,1H3,(H,25,27)/t16-,17-/m0/s1. The van der Waals surface area contributed by atoms with Crippen molar-refractivity contribution in [3.8, 4) is 11.5 Å². The summed E-state index contributed by atoms with van der Waals surface area (Å²) in [6.45, 7) is 3.26. The van der Waals surface area contributed by atoms with Gasteiger partial charge >= 0.3 is 0 Å². The van der Waals surface area contributed by atoms with Crippen molar-refractivity contribution in [2.24, 2.45) is 11.8 Å². The van der Waals surface area contributed by atoms with Crippen LogP contribution in [0.4, 0.5) is 10.1 Å². The summed E-state index contributed by atoms with van der Waals surface area (Å²) < 4.78 is 24.9. The number of halogens is 1. The topological polar surface area (TPSA) is 50.8 Å². The fraction of sp³-hybridized carbons (Fsp3) is 0.435. The number of likely N-dealkylation sites (tertiary alicyclic amines) is 1. The Labute approximate surface area is 170 Å². The molecule has 1 saturated heterocycles. The molecular weight excluding hydrogens is 371 g/mol. The third-order valence-corrected chi connectivity index (χ3v) is 5.97. The van der Waals surface area contributed by atoms with Crippen molar-refractivity contribution in [3.05, 3.63) is 53.8 Å². The first-order valence-electron chi connectivity index (χ1n) is 10.2. The molecule has 2 aliphatic rings. The first-order chi connectivity index (χ1) is 14.1. The van der Waals surface area contributed by atoms with Gasteiger partial charge in [0.2, 0.25) is 5.91 Å². The quantitative estimate of drug-likeness (QED) is 0.846. The summed E-state index contributed by atoms with van der Waals surface area (Å²) in [5.74, 6) is 1.67. The SMILES string of the molecule is COc1ccccc1CN1CC[C@H]2CC(=O)Nc3cc(F)ccc3OCC[C@H]2C1. The number of hydrogen-bond donors (Lipinski definition) is 1. The fourth-order valence-electron chi connectivity index (χ4n) is 4.46. The van der Waals surface area contributed by atoms with Crippen LogP contribution >= 0.6 is 0 Å². The molecule has 2 aliphatic heterocycles. The first-order valence-corrected chi connectivity index (χ1v) is 10.2. The number of rotatable bonds is 3. The molecule has 0 radical (unpaired) electrons. The van der Waals surface area contributed by atoms with E-state index >= 15 is 0 Å². The van der Waals surface area contributed by atoms with Crippen LogP contribution < -0.4 is 14.8 Å². The summed E-state index contributed by atoms with van der Waals surface area (Å²) in [4.78, 5) is 15.0. The number of para-hydroxylation sites is 1. The van der Waals surface area contributed by atoms with Gasteiger partial charge in [-0.15, -0.1) is 0 Å². The highest BCUT2D eigenvalue weighted by Gasteiger charge is 2.32. The molecule has 0 spiro atoms. The predicted octanol–water partition coefficient (Wildman–Crippen LogP) is 4.08. The largest absolute Gasteiger partial charge is 0.496 e. The van der Waals surface area contributed by atoms with E-state index < -0.39 is 0 Å². The van der Waals surface area contributed by atoms with Gasteiger partial charge in [-0.25, -0.2) is 4.39 Å². The van der Waals surface area contributed by atoms with Gasteiger partial charge in [0.25, 0.3) is 0 Å². The van der Waals surface area contributed by atoms with Gasteiger partial charge in [0.05, 0.1) is 19.4 Å². The van der Waals surface area contributed by atoms with Gasteiger partial charge in [-0.1, -0.05) is 18.2 Å². The molecule has 2 aromatic rings. The van der Waals surface area contributed by atoms with E-state index in [2.05, 4.69) is 16.3 Å². The Morgan fingerprint density at radius 2 is 2.07 bits per heavy atom. The molecule has 0 saturated carbocycles. The zero-order valence-electron chi connectivity index (χ0n) is 16.7. The van der Waals surface area contributed by atoms with E-state index in [0.717, 1.165) is 38.2 Å². The van der Waals surface area contributed by atoms with Crippen LogP contribution in [-0.4, -0.2) is 37.6 Å². The van der Waals surface area contributed by atoms with Crippen LogP contribution in [0.15, 0.2) is 42.5 Å². The molecule has 2 aromatic carbocycles. The Kier molecular flexibility index (Phi) is 6.00. The monoisotopic (exact) mass is 398 g/mol. The van der Waals surface area contributed by atoms with Gasteiger partial charge in [0.1, 0.15) is 17.3 Å². The zero-order valence-corrected chi connectivity index (χ0v) is 16.7. The zero-order chi connectivity index (χ0) is 20.2. The van der Waals surface area contributed by atoms with Crippen molar-refractivity contribution in [2.45, 2.75) is 25.8 Å². The molecule has 1 fully saturated rings. The van der Waals surface area contributed by atoms with Crippen LogP contribution in [0.5, 0.6) is 11.5 Å². The maximum atomic E-state index is 13.6. The lowest BCUT2D eigenvalue weighted by Gasteiger charge is -2.39. The van der Waals surface area contributed by atoms with Gasteiger partial charge < -0.3 is 14.8 Å². The molecule has 2 atom stereocenters. The Balaban J connectivity index is 1.46. The van der Waals surface area contributed by atoms with E-state index in [-0.39, 0.29) is 11.7 Å². The Morgan fingerprint density at radius 1 is 1.21 bits per heavy atom. The van der Waals surface area contributed by atoms with E-state index in [1.54, 1.807) is 13.2 Å². The van der Waals surface area contributed by atoms with E-state index in [1.807, 2.05) is 18.2 Å². The predicted molar refractivity (Wildman–Crippen MR) is 110 cm³/mol. The third kappa shape index (κ3) is 4.70. The molecular formula is C23H27FN2O3. The lowest BCUT2D eigenvalue weighted by Crippen LogP contribution is -2.42. The molecule has 1 N–H and O–H groups in total. The van der Waals surface area contributed by atoms with E-state index in [9.17, 15) is 9.18 Å². The summed E-state index contributed by atoms with van der Waals surface area (Å²) in [5, 5.41) is 2.84. The second kappa shape index (κ2) is 8.82. The Morgan fingerprint density at radius 3 is 2.93 bits per heavy atom. The molecule has 4 rings (SSSR count). The smallest absolute Gasteiger partial charge is 0.224 e. The molecule has 0 aromatic heterocycles. The summed E-state index contributed by atoms with van der Waals surface area (Å²) in [5.41, 5.74) is 1.60. The van der Waals surface area contributed by atoms with Crippen LogP contribution in [-0.2, 0) is 11.3 Å². The van der Waals surface area contributed by atoms with Gasteiger partial charge in [-0.05, 0) is 49.4 Å². The van der Waals surface area contributed by atoms with Crippen LogP contribution in [0.2, 0.25) is 0 Å². The average Bonchev–Trinajstić information content (AvgIpc) is 2.71. The van der Waals surface area contributed by atoms with Gasteiger partial charge in [-0.2, -0.15) is 0 Å². The summed E-state index contributed by atoms with van der Waals surface area (Å²) in [6.07, 6.45) is 2.30. The van der Waals surface area contributed by atoms with E-state index in [4.69, 9.17) is 9.47 Å². The van der Waals surface area contributed by atoms with Crippen molar-refractivity contribution in [1.82, 2.24) is 4.90 Å². The maximum absolute atomic E-state index is 13.6. The number of ether oxygens (including phenoxy) is 2. The molecule has 0 unspecified atom stereocenters. The van der Waals surface area contributed by atoms with Crippen molar-refractivity contribution < 1.29 is 18.7 Å². The van der Waals surface area contributed by atoms with Crippen LogP contribution in [0, 0.1) is 17.7 Å². The van der Waals surface area contributed by atoms with Crippen LogP contribution in [0.1, 0.15) is 24.8 Å². The number of fused-ring (bicyclic) bond motifs is 2. The number of piperidine rings is 1. The van der Waals surface area contributed by atoms with E-state index in [1.165, 1.54) is 17.7 Å². The number of carbonyl (C=O) groups excluding carboxylic acids is 1. The Bertz CT molecular complexity index is 873. The van der Waals surface area contributed by atoms with Crippen molar-refractivity contribution >= 4 is 11.6 Å². The van der Waals surface area contributed by atoms with Crippen LogP contribution in [0.25, 0.3) is 0 Å². The lowest BCUT2D eigenvalue weighted by molar-refractivity contribution is -0.118. The average molecular weight is 398 g/mol. The molecule has 154 valence electrons.